The van der Waals surface area contributed by atoms with Crippen molar-refractivity contribution in [2.75, 3.05) is 0 Å². The van der Waals surface area contributed by atoms with Gasteiger partial charge in [0, 0.05) is 10.5 Å². The number of rotatable bonds is 0. The first-order chi connectivity index (χ1) is 8.59. The Balaban J connectivity index is 2.28. The molecule has 1 aliphatic heterocycles. The Kier molecular flexibility index (Phi) is 2.68. The van der Waals surface area contributed by atoms with E-state index in [0.717, 1.165) is 11.8 Å². The van der Waals surface area contributed by atoms with E-state index in [1.807, 2.05) is 12.1 Å². The molecule has 0 aliphatic carbocycles. The zero-order chi connectivity index (χ0) is 12.8. The van der Waals surface area contributed by atoms with Crippen LogP contribution < -0.4 is 0 Å². The van der Waals surface area contributed by atoms with Crippen LogP contribution in [0.3, 0.4) is 0 Å². The summed E-state index contributed by atoms with van der Waals surface area (Å²) in [5, 5.41) is 28.7. The SMILES string of the molecule is OC1c2ccccc2SC(O)(O)c2ccccc21. The molecule has 2 aromatic carbocycles. The van der Waals surface area contributed by atoms with Crippen molar-refractivity contribution in [3.05, 3.63) is 65.2 Å². The lowest BCUT2D eigenvalue weighted by Gasteiger charge is -2.21. The lowest BCUT2D eigenvalue weighted by molar-refractivity contribution is -0.0825. The summed E-state index contributed by atoms with van der Waals surface area (Å²) < 4.78 is 0. The molecule has 3 N–H and O–H groups in total. The van der Waals surface area contributed by atoms with E-state index < -0.39 is 11.2 Å². The minimum Gasteiger partial charge on any atom is -0.384 e. The minimum absolute atomic E-state index is 0.332. The summed E-state index contributed by atoms with van der Waals surface area (Å²) in [7, 11) is 0. The molecule has 0 spiro atoms. The zero-order valence-electron chi connectivity index (χ0n) is 9.45. The van der Waals surface area contributed by atoms with Gasteiger partial charge < -0.3 is 15.3 Å². The van der Waals surface area contributed by atoms with Gasteiger partial charge in [-0.15, -0.1) is 0 Å². The van der Waals surface area contributed by atoms with Crippen LogP contribution in [0, 0.1) is 0 Å². The maximum Gasteiger partial charge on any atom is 0.245 e. The van der Waals surface area contributed by atoms with Crippen LogP contribution in [-0.4, -0.2) is 15.3 Å². The summed E-state index contributed by atoms with van der Waals surface area (Å²) in [5.74, 6) is 0. The fourth-order valence-corrected chi connectivity index (χ4v) is 3.25. The van der Waals surface area contributed by atoms with E-state index in [-0.39, 0.29) is 0 Å². The smallest absolute Gasteiger partial charge is 0.245 e. The predicted octanol–water partition coefficient (Wildman–Crippen LogP) is 1.97. The summed E-state index contributed by atoms with van der Waals surface area (Å²) >= 11 is 0.933. The normalized spacial score (nSPS) is 20.7. The van der Waals surface area contributed by atoms with Crippen molar-refractivity contribution in [1.82, 2.24) is 0 Å². The molecule has 18 heavy (non-hydrogen) atoms. The Morgan fingerprint density at radius 2 is 1.50 bits per heavy atom. The van der Waals surface area contributed by atoms with Crippen molar-refractivity contribution in [3.8, 4) is 0 Å². The average molecular weight is 260 g/mol. The van der Waals surface area contributed by atoms with Gasteiger partial charge in [0.25, 0.3) is 0 Å². The highest BCUT2D eigenvalue weighted by Crippen LogP contribution is 2.47. The molecule has 4 heteroatoms. The molecule has 3 nitrogen and oxygen atoms in total. The fraction of sp³-hybridized carbons (Fsp3) is 0.143. The molecule has 1 heterocycles. The van der Waals surface area contributed by atoms with Gasteiger partial charge in [0.2, 0.25) is 5.12 Å². The minimum atomic E-state index is -2.02. The number of hydrogen-bond donors (Lipinski definition) is 3. The van der Waals surface area contributed by atoms with Gasteiger partial charge in [-0.1, -0.05) is 54.2 Å². The van der Waals surface area contributed by atoms with Crippen molar-refractivity contribution in [1.29, 1.82) is 0 Å². The third kappa shape index (κ3) is 1.74. The van der Waals surface area contributed by atoms with Gasteiger partial charge in [-0.25, -0.2) is 0 Å². The Morgan fingerprint density at radius 3 is 2.28 bits per heavy atom. The molecule has 0 radical (unpaired) electrons. The molecular weight excluding hydrogens is 248 g/mol. The van der Waals surface area contributed by atoms with E-state index >= 15 is 0 Å². The zero-order valence-corrected chi connectivity index (χ0v) is 10.3. The van der Waals surface area contributed by atoms with E-state index in [4.69, 9.17) is 0 Å². The number of benzene rings is 2. The predicted molar refractivity (Wildman–Crippen MR) is 68.9 cm³/mol. The van der Waals surface area contributed by atoms with Crippen LogP contribution in [0.4, 0.5) is 0 Å². The number of aliphatic hydroxyl groups excluding tert-OH is 1. The summed E-state index contributed by atoms with van der Waals surface area (Å²) in [6.45, 7) is 0. The molecule has 0 amide bonds. The van der Waals surface area contributed by atoms with E-state index in [0.29, 0.717) is 21.6 Å². The van der Waals surface area contributed by atoms with Crippen LogP contribution in [-0.2, 0) is 5.12 Å². The van der Waals surface area contributed by atoms with E-state index in [9.17, 15) is 15.3 Å². The second kappa shape index (κ2) is 4.10. The fourth-order valence-electron chi connectivity index (χ4n) is 2.21. The van der Waals surface area contributed by atoms with Crippen molar-refractivity contribution in [3.63, 3.8) is 0 Å². The first kappa shape index (κ1) is 11.7. The lowest BCUT2D eigenvalue weighted by Crippen LogP contribution is -2.21. The van der Waals surface area contributed by atoms with Gasteiger partial charge >= 0.3 is 0 Å². The number of thioether (sulfide) groups is 1. The number of fused-ring (bicyclic) bond motifs is 2. The van der Waals surface area contributed by atoms with Gasteiger partial charge in [-0.3, -0.25) is 0 Å². The summed E-state index contributed by atoms with van der Waals surface area (Å²) in [4.78, 5) is 0.672. The van der Waals surface area contributed by atoms with Gasteiger partial charge in [-0.2, -0.15) is 0 Å². The standard InChI is InChI=1S/C14H12O3S/c15-13-9-5-1-3-7-11(9)14(16,17)18-12-8-4-2-6-10(12)13/h1-8,13,15-17H. The largest absolute Gasteiger partial charge is 0.384 e. The Labute approximate surface area is 109 Å². The maximum atomic E-state index is 10.4. The molecule has 1 atom stereocenters. The molecule has 0 saturated carbocycles. The third-order valence-corrected chi connectivity index (χ3v) is 4.17. The van der Waals surface area contributed by atoms with Crippen LogP contribution in [0.1, 0.15) is 22.8 Å². The quantitative estimate of drug-likeness (QED) is 0.634. The Morgan fingerprint density at radius 1 is 0.889 bits per heavy atom. The van der Waals surface area contributed by atoms with Crippen molar-refractivity contribution < 1.29 is 15.3 Å². The van der Waals surface area contributed by atoms with E-state index in [1.54, 1.807) is 36.4 Å². The lowest BCUT2D eigenvalue weighted by atomic mass is 9.96. The maximum absolute atomic E-state index is 10.4. The van der Waals surface area contributed by atoms with Crippen LogP contribution >= 0.6 is 11.8 Å². The van der Waals surface area contributed by atoms with Crippen LogP contribution in [0.2, 0.25) is 0 Å². The Hall–Kier alpha value is -1.33. The monoisotopic (exact) mass is 260 g/mol. The van der Waals surface area contributed by atoms with Gasteiger partial charge in [-0.05, 0) is 17.2 Å². The molecule has 1 unspecified atom stereocenters. The highest BCUT2D eigenvalue weighted by atomic mass is 32.2. The van der Waals surface area contributed by atoms with Crippen LogP contribution in [0.25, 0.3) is 0 Å². The van der Waals surface area contributed by atoms with Gasteiger partial charge in [0.1, 0.15) is 6.10 Å². The molecular formula is C14H12O3S. The second-order valence-electron chi connectivity index (χ2n) is 4.24. The van der Waals surface area contributed by atoms with Crippen molar-refractivity contribution >= 4 is 11.8 Å². The molecule has 0 saturated heterocycles. The Bertz CT molecular complexity index is 595. The van der Waals surface area contributed by atoms with Crippen LogP contribution in [0.5, 0.6) is 0 Å². The number of hydrogen-bond acceptors (Lipinski definition) is 4. The van der Waals surface area contributed by atoms with Crippen LogP contribution in [0.15, 0.2) is 53.4 Å². The third-order valence-electron chi connectivity index (χ3n) is 3.07. The highest BCUT2D eigenvalue weighted by molar-refractivity contribution is 8.00. The van der Waals surface area contributed by atoms with Gasteiger partial charge in [0.15, 0.2) is 0 Å². The molecule has 0 fully saturated rings. The first-order valence-corrected chi connectivity index (χ1v) is 6.41. The van der Waals surface area contributed by atoms with E-state index in [2.05, 4.69) is 0 Å². The molecule has 1 aliphatic rings. The molecule has 3 rings (SSSR count). The summed E-state index contributed by atoms with van der Waals surface area (Å²) in [5.41, 5.74) is 1.55. The molecule has 92 valence electrons. The highest BCUT2D eigenvalue weighted by Gasteiger charge is 2.36. The molecule has 0 aromatic heterocycles. The topological polar surface area (TPSA) is 60.7 Å². The van der Waals surface area contributed by atoms with Crippen molar-refractivity contribution in [2.45, 2.75) is 16.1 Å². The van der Waals surface area contributed by atoms with Crippen molar-refractivity contribution in [2.24, 2.45) is 0 Å². The summed E-state index contributed by atoms with van der Waals surface area (Å²) in [6, 6.07) is 14.0. The van der Waals surface area contributed by atoms with E-state index in [1.165, 1.54) is 0 Å². The average Bonchev–Trinajstić information content (AvgIpc) is 2.45. The second-order valence-corrected chi connectivity index (χ2v) is 5.45. The molecule has 2 aromatic rings. The molecule has 0 bridgehead atoms. The number of aliphatic hydroxyl groups is 3. The summed E-state index contributed by atoms with van der Waals surface area (Å²) in [6.07, 6.45) is -0.842. The van der Waals surface area contributed by atoms with Gasteiger partial charge in [0.05, 0.1) is 0 Å². The first-order valence-electron chi connectivity index (χ1n) is 5.60.